The fourth-order valence-corrected chi connectivity index (χ4v) is 3.92. The molecule has 2 heterocycles. The van der Waals surface area contributed by atoms with E-state index in [0.717, 1.165) is 5.69 Å². The van der Waals surface area contributed by atoms with Gasteiger partial charge in [0.15, 0.2) is 0 Å². The number of nitrogens with zero attached hydrogens (tertiary/aromatic N) is 5. The van der Waals surface area contributed by atoms with E-state index in [4.69, 9.17) is 0 Å². The van der Waals surface area contributed by atoms with Crippen molar-refractivity contribution in [2.24, 2.45) is 0 Å². The number of aromatic nitrogens is 5. The second-order valence-electron chi connectivity index (χ2n) is 5.27. The van der Waals surface area contributed by atoms with Gasteiger partial charge in [-0.2, -0.15) is 10.1 Å². The summed E-state index contributed by atoms with van der Waals surface area (Å²) in [6, 6.07) is 9.33. The maximum absolute atomic E-state index is 12.7. The number of anilines is 1. The van der Waals surface area contributed by atoms with E-state index < -0.39 is 10.0 Å². The molecule has 24 heavy (non-hydrogen) atoms. The minimum absolute atomic E-state index is 0.0156. The molecule has 0 aliphatic rings. The van der Waals surface area contributed by atoms with Crippen molar-refractivity contribution in [3.63, 3.8) is 0 Å². The monoisotopic (exact) mass is 346 g/mol. The molecule has 2 aromatic heterocycles. The summed E-state index contributed by atoms with van der Waals surface area (Å²) < 4.78 is 30.9. The van der Waals surface area contributed by atoms with Gasteiger partial charge in [0.25, 0.3) is 16.0 Å². The second kappa shape index (κ2) is 6.08. The van der Waals surface area contributed by atoms with Crippen LogP contribution in [-0.2, 0) is 16.6 Å². The van der Waals surface area contributed by atoms with Crippen molar-refractivity contribution in [1.29, 1.82) is 0 Å². The highest BCUT2D eigenvalue weighted by molar-refractivity contribution is 7.92. The van der Waals surface area contributed by atoms with E-state index in [1.807, 2.05) is 37.3 Å². The molecule has 0 aliphatic heterocycles. The van der Waals surface area contributed by atoms with E-state index >= 15 is 0 Å². The lowest BCUT2D eigenvalue weighted by molar-refractivity contribution is 0.598. The molecule has 1 aromatic carbocycles. The zero-order valence-corrected chi connectivity index (χ0v) is 14.4. The van der Waals surface area contributed by atoms with Crippen LogP contribution in [0.25, 0.3) is 5.69 Å². The Balaban J connectivity index is 1.91. The molecule has 3 aromatic rings. The number of hydrogen-bond acceptors (Lipinski definition) is 5. The van der Waals surface area contributed by atoms with E-state index in [0.29, 0.717) is 17.9 Å². The Bertz CT molecular complexity index is 959. The largest absolute Gasteiger partial charge is 0.268 e. The molecule has 0 bridgehead atoms. The van der Waals surface area contributed by atoms with Crippen LogP contribution < -0.4 is 4.72 Å². The van der Waals surface area contributed by atoms with Gasteiger partial charge >= 0.3 is 0 Å². The standard InChI is InChI=1S/C15H18N6O2S/c1-4-20-12(3)14(11(2)17-20)24(22,23)19-15-16-10-21(18-15)13-8-6-5-7-9-13/h5-10H,4H2,1-3H3,(H,18,19). The summed E-state index contributed by atoms with van der Waals surface area (Å²) in [4.78, 5) is 4.19. The number of sulfonamides is 1. The molecule has 0 atom stereocenters. The summed E-state index contributed by atoms with van der Waals surface area (Å²) in [5.41, 5.74) is 1.83. The average molecular weight is 346 g/mol. The van der Waals surface area contributed by atoms with Crippen LogP contribution in [0.4, 0.5) is 5.95 Å². The third-order valence-corrected chi connectivity index (χ3v) is 5.20. The molecule has 1 N–H and O–H groups in total. The number of aryl methyl sites for hydroxylation is 2. The van der Waals surface area contributed by atoms with Gasteiger partial charge in [-0.3, -0.25) is 4.68 Å². The van der Waals surface area contributed by atoms with Gasteiger partial charge in [-0.1, -0.05) is 18.2 Å². The molecule has 0 amide bonds. The normalized spacial score (nSPS) is 11.6. The van der Waals surface area contributed by atoms with Crippen molar-refractivity contribution in [3.05, 3.63) is 48.0 Å². The molecule has 0 radical (unpaired) electrons. The quantitative estimate of drug-likeness (QED) is 0.761. The summed E-state index contributed by atoms with van der Waals surface area (Å²) >= 11 is 0. The molecule has 8 nitrogen and oxygen atoms in total. The van der Waals surface area contributed by atoms with E-state index in [-0.39, 0.29) is 10.8 Å². The van der Waals surface area contributed by atoms with Gasteiger partial charge in [0, 0.05) is 6.54 Å². The smallest absolute Gasteiger partial charge is 0.267 e. The fraction of sp³-hybridized carbons (Fsp3) is 0.267. The predicted molar refractivity (Wildman–Crippen MR) is 89.5 cm³/mol. The molecule has 126 valence electrons. The lowest BCUT2D eigenvalue weighted by Crippen LogP contribution is -2.16. The highest BCUT2D eigenvalue weighted by Crippen LogP contribution is 2.21. The molecule has 3 rings (SSSR count). The maximum Gasteiger partial charge on any atom is 0.267 e. The average Bonchev–Trinajstić information content (AvgIpc) is 3.12. The molecular formula is C15H18N6O2S. The molecule has 0 aliphatic carbocycles. The molecule has 0 saturated heterocycles. The van der Waals surface area contributed by atoms with Gasteiger partial charge in [0.2, 0.25) is 0 Å². The van der Waals surface area contributed by atoms with Gasteiger partial charge in [-0.15, -0.1) is 5.10 Å². The first-order chi connectivity index (χ1) is 11.4. The van der Waals surface area contributed by atoms with Crippen LogP contribution in [-0.4, -0.2) is 33.0 Å². The number of nitrogens with one attached hydrogen (secondary N) is 1. The van der Waals surface area contributed by atoms with E-state index in [2.05, 4.69) is 19.9 Å². The molecule has 0 unspecified atom stereocenters. The summed E-state index contributed by atoms with van der Waals surface area (Å²) in [6.45, 7) is 5.91. The lowest BCUT2D eigenvalue weighted by atomic mass is 10.3. The lowest BCUT2D eigenvalue weighted by Gasteiger charge is -2.05. The van der Waals surface area contributed by atoms with Crippen LogP contribution in [0.5, 0.6) is 0 Å². The summed E-state index contributed by atoms with van der Waals surface area (Å²) in [7, 11) is -3.80. The Morgan fingerprint density at radius 1 is 1.12 bits per heavy atom. The van der Waals surface area contributed by atoms with Gasteiger partial charge in [0.05, 0.1) is 17.1 Å². The van der Waals surface area contributed by atoms with Crippen LogP contribution in [0.15, 0.2) is 41.6 Å². The molecule has 9 heteroatoms. The van der Waals surface area contributed by atoms with Crippen molar-refractivity contribution in [2.45, 2.75) is 32.2 Å². The van der Waals surface area contributed by atoms with Crippen molar-refractivity contribution < 1.29 is 8.42 Å². The van der Waals surface area contributed by atoms with Crippen molar-refractivity contribution in [1.82, 2.24) is 24.5 Å². The highest BCUT2D eigenvalue weighted by atomic mass is 32.2. The second-order valence-corrected chi connectivity index (χ2v) is 6.89. The molecule has 0 spiro atoms. The van der Waals surface area contributed by atoms with Crippen LogP contribution in [0.3, 0.4) is 0 Å². The Labute approximate surface area is 140 Å². The Kier molecular flexibility index (Phi) is 4.10. The number of benzene rings is 1. The first-order valence-electron chi connectivity index (χ1n) is 7.46. The maximum atomic E-state index is 12.7. The van der Waals surface area contributed by atoms with Gasteiger partial charge in [0.1, 0.15) is 11.2 Å². The number of rotatable bonds is 5. The van der Waals surface area contributed by atoms with Crippen molar-refractivity contribution >= 4 is 16.0 Å². The van der Waals surface area contributed by atoms with E-state index in [9.17, 15) is 8.42 Å². The summed E-state index contributed by atoms with van der Waals surface area (Å²) in [6.07, 6.45) is 1.46. The highest BCUT2D eigenvalue weighted by Gasteiger charge is 2.25. The Morgan fingerprint density at radius 2 is 1.83 bits per heavy atom. The minimum Gasteiger partial charge on any atom is -0.268 e. The number of hydrogen-bond donors (Lipinski definition) is 1. The van der Waals surface area contributed by atoms with E-state index in [1.165, 1.54) is 11.0 Å². The third-order valence-electron chi connectivity index (χ3n) is 3.62. The van der Waals surface area contributed by atoms with Crippen molar-refractivity contribution in [3.8, 4) is 5.69 Å². The SMILES string of the molecule is CCn1nc(C)c(S(=O)(=O)Nc2ncn(-c3ccccc3)n2)c1C. The fourth-order valence-electron chi connectivity index (χ4n) is 2.56. The third kappa shape index (κ3) is 2.90. The van der Waals surface area contributed by atoms with Crippen LogP contribution >= 0.6 is 0 Å². The zero-order chi connectivity index (χ0) is 17.3. The molecule has 0 fully saturated rings. The molecule has 0 saturated carbocycles. The number of para-hydroxylation sites is 1. The topological polar surface area (TPSA) is 94.7 Å². The van der Waals surface area contributed by atoms with Gasteiger partial charge in [-0.05, 0) is 32.9 Å². The summed E-state index contributed by atoms with van der Waals surface area (Å²) in [5, 5.41) is 8.41. The Hall–Kier alpha value is -2.68. The van der Waals surface area contributed by atoms with Gasteiger partial charge < -0.3 is 0 Å². The first kappa shape index (κ1) is 16.2. The minimum atomic E-state index is -3.80. The van der Waals surface area contributed by atoms with Crippen molar-refractivity contribution in [2.75, 3.05) is 4.72 Å². The van der Waals surface area contributed by atoms with Crippen LogP contribution in [0.2, 0.25) is 0 Å². The van der Waals surface area contributed by atoms with Crippen LogP contribution in [0, 0.1) is 13.8 Å². The zero-order valence-electron chi connectivity index (χ0n) is 13.6. The van der Waals surface area contributed by atoms with Crippen LogP contribution in [0.1, 0.15) is 18.3 Å². The molecular weight excluding hydrogens is 328 g/mol. The van der Waals surface area contributed by atoms with Gasteiger partial charge in [-0.25, -0.2) is 17.8 Å². The van der Waals surface area contributed by atoms with E-state index in [1.54, 1.807) is 18.5 Å². The predicted octanol–water partition coefficient (Wildman–Crippen LogP) is 1.90. The Morgan fingerprint density at radius 3 is 2.46 bits per heavy atom. The summed E-state index contributed by atoms with van der Waals surface area (Å²) in [5.74, 6) is 0.0156. The first-order valence-corrected chi connectivity index (χ1v) is 8.94.